The molecule has 0 aromatic heterocycles. The number of hydrogen-bond acceptors (Lipinski definition) is 1. The van der Waals surface area contributed by atoms with Crippen LogP contribution in [0, 0.1) is 11.6 Å². The highest BCUT2D eigenvalue weighted by Crippen LogP contribution is 2.26. The van der Waals surface area contributed by atoms with Crippen molar-refractivity contribution in [1.29, 1.82) is 0 Å². The van der Waals surface area contributed by atoms with E-state index >= 15 is 0 Å². The van der Waals surface area contributed by atoms with Crippen LogP contribution in [0.4, 0.5) is 25.0 Å². The van der Waals surface area contributed by atoms with Gasteiger partial charge >= 0.3 is 6.03 Å². The van der Waals surface area contributed by atoms with Crippen molar-refractivity contribution in [2.75, 3.05) is 10.6 Å². The minimum Gasteiger partial charge on any atom is -0.307 e. The number of hydrogen-bond donors (Lipinski definition) is 2. The van der Waals surface area contributed by atoms with E-state index in [1.54, 1.807) is 18.2 Å². The van der Waals surface area contributed by atoms with Crippen LogP contribution in [-0.2, 0) is 0 Å². The second kappa shape index (κ2) is 6.19. The molecule has 0 aliphatic rings. The molecule has 2 rings (SSSR count). The molecule has 7 heteroatoms. The van der Waals surface area contributed by atoms with Crippen LogP contribution in [0.25, 0.3) is 0 Å². The number of nitrogens with one attached hydrogen (secondary N) is 2. The van der Waals surface area contributed by atoms with Gasteiger partial charge in [-0.25, -0.2) is 13.6 Å². The number of anilines is 2. The molecule has 3 nitrogen and oxygen atoms in total. The van der Waals surface area contributed by atoms with Crippen LogP contribution >= 0.6 is 27.5 Å². The standard InChI is InChI=1S/C13H8BrClF2N2O/c14-9-5-7(15)1-3-11(9)18-13(20)19-12-4-2-8(16)6-10(12)17/h1-6H,(H2,18,19,20). The van der Waals surface area contributed by atoms with Crippen molar-refractivity contribution in [3.05, 3.63) is 57.5 Å². The molecule has 104 valence electrons. The molecule has 2 aromatic rings. The highest BCUT2D eigenvalue weighted by molar-refractivity contribution is 9.10. The second-order valence-electron chi connectivity index (χ2n) is 3.83. The molecule has 2 N–H and O–H groups in total. The third-order valence-corrected chi connectivity index (χ3v) is 3.25. The van der Waals surface area contributed by atoms with Crippen molar-refractivity contribution in [3.63, 3.8) is 0 Å². The Morgan fingerprint density at radius 2 is 1.70 bits per heavy atom. The third-order valence-electron chi connectivity index (χ3n) is 2.36. The van der Waals surface area contributed by atoms with E-state index in [1.807, 2.05) is 0 Å². The molecule has 0 aliphatic carbocycles. The monoisotopic (exact) mass is 360 g/mol. The molecule has 0 unspecified atom stereocenters. The van der Waals surface area contributed by atoms with Crippen LogP contribution in [0.15, 0.2) is 40.9 Å². The molecule has 0 saturated carbocycles. The SMILES string of the molecule is O=C(Nc1ccc(F)cc1F)Nc1ccc(Cl)cc1Br. The molecule has 2 amide bonds. The van der Waals surface area contributed by atoms with Crippen LogP contribution in [-0.4, -0.2) is 6.03 Å². The van der Waals surface area contributed by atoms with Gasteiger partial charge in [-0.3, -0.25) is 0 Å². The van der Waals surface area contributed by atoms with Crippen LogP contribution in [0.3, 0.4) is 0 Å². The Kier molecular flexibility index (Phi) is 4.57. The van der Waals surface area contributed by atoms with E-state index < -0.39 is 17.7 Å². The number of rotatable bonds is 2. The van der Waals surface area contributed by atoms with Gasteiger partial charge < -0.3 is 10.6 Å². The lowest BCUT2D eigenvalue weighted by atomic mass is 10.3. The van der Waals surface area contributed by atoms with Gasteiger partial charge in [0.1, 0.15) is 11.6 Å². The first-order valence-electron chi connectivity index (χ1n) is 5.44. The molecule has 0 saturated heterocycles. The summed E-state index contributed by atoms with van der Waals surface area (Å²) in [5.74, 6) is -1.57. The molecular formula is C13H8BrClF2N2O. The summed E-state index contributed by atoms with van der Waals surface area (Å²) in [5.41, 5.74) is 0.350. The lowest BCUT2D eigenvalue weighted by Gasteiger charge is -2.10. The van der Waals surface area contributed by atoms with Gasteiger partial charge in [0.15, 0.2) is 0 Å². The van der Waals surface area contributed by atoms with Crippen LogP contribution in [0.2, 0.25) is 5.02 Å². The summed E-state index contributed by atoms with van der Waals surface area (Å²) in [5, 5.41) is 5.30. The Bertz CT molecular complexity index is 611. The molecular weight excluding hydrogens is 354 g/mol. The lowest BCUT2D eigenvalue weighted by molar-refractivity contribution is 0.262. The van der Waals surface area contributed by atoms with E-state index in [0.29, 0.717) is 21.2 Å². The highest BCUT2D eigenvalue weighted by Gasteiger charge is 2.09. The van der Waals surface area contributed by atoms with Gasteiger partial charge in [0, 0.05) is 15.6 Å². The molecule has 0 heterocycles. The van der Waals surface area contributed by atoms with Gasteiger partial charge in [0.05, 0.1) is 11.4 Å². The number of amides is 2. The summed E-state index contributed by atoms with van der Waals surface area (Å²) < 4.78 is 26.7. The van der Waals surface area contributed by atoms with E-state index in [-0.39, 0.29) is 5.69 Å². The molecule has 0 bridgehead atoms. The number of carbonyl (C=O) groups excluding carboxylic acids is 1. The quantitative estimate of drug-likeness (QED) is 0.774. The molecule has 2 aromatic carbocycles. The zero-order chi connectivity index (χ0) is 14.7. The van der Waals surface area contributed by atoms with Gasteiger partial charge in [0.25, 0.3) is 0 Å². The number of urea groups is 1. The molecule has 0 atom stereocenters. The second-order valence-corrected chi connectivity index (χ2v) is 5.12. The minimum atomic E-state index is -0.852. The first kappa shape index (κ1) is 14.7. The van der Waals surface area contributed by atoms with E-state index in [4.69, 9.17) is 11.6 Å². The van der Waals surface area contributed by atoms with Crippen molar-refractivity contribution in [2.45, 2.75) is 0 Å². The highest BCUT2D eigenvalue weighted by atomic mass is 79.9. The largest absolute Gasteiger partial charge is 0.323 e. The van der Waals surface area contributed by atoms with Gasteiger partial charge in [-0.15, -0.1) is 0 Å². The first-order valence-corrected chi connectivity index (χ1v) is 6.61. The zero-order valence-electron chi connectivity index (χ0n) is 9.88. The predicted molar refractivity (Wildman–Crippen MR) is 78.2 cm³/mol. The summed E-state index contributed by atoms with van der Waals surface area (Å²) in [6.45, 7) is 0. The van der Waals surface area contributed by atoms with Crippen LogP contribution in [0.5, 0.6) is 0 Å². The fourth-order valence-electron chi connectivity index (χ4n) is 1.46. The molecule has 0 spiro atoms. The van der Waals surface area contributed by atoms with Gasteiger partial charge in [-0.1, -0.05) is 11.6 Å². The summed E-state index contributed by atoms with van der Waals surface area (Å²) in [6, 6.07) is 7.02. The maximum absolute atomic E-state index is 13.4. The average Bonchev–Trinajstić information content (AvgIpc) is 2.36. The van der Waals surface area contributed by atoms with Crippen LogP contribution in [0.1, 0.15) is 0 Å². The predicted octanol–water partition coefficient (Wildman–Crippen LogP) is 5.02. The van der Waals surface area contributed by atoms with Gasteiger partial charge in [0.2, 0.25) is 0 Å². The minimum absolute atomic E-state index is 0.117. The molecule has 0 aliphatic heterocycles. The summed E-state index contributed by atoms with van der Waals surface area (Å²) >= 11 is 9.01. The van der Waals surface area contributed by atoms with Crippen molar-refractivity contribution >= 4 is 44.9 Å². The van der Waals surface area contributed by atoms with Gasteiger partial charge in [-0.05, 0) is 46.3 Å². The van der Waals surface area contributed by atoms with Crippen LogP contribution < -0.4 is 10.6 Å². The normalized spacial score (nSPS) is 10.2. The van der Waals surface area contributed by atoms with Crippen molar-refractivity contribution in [3.8, 4) is 0 Å². The zero-order valence-corrected chi connectivity index (χ0v) is 12.2. The fourth-order valence-corrected chi connectivity index (χ4v) is 2.24. The fraction of sp³-hybridized carbons (Fsp3) is 0. The Morgan fingerprint density at radius 1 is 1.05 bits per heavy atom. The van der Waals surface area contributed by atoms with Gasteiger partial charge in [-0.2, -0.15) is 0 Å². The topological polar surface area (TPSA) is 41.1 Å². The van der Waals surface area contributed by atoms with Crippen molar-refractivity contribution in [1.82, 2.24) is 0 Å². The lowest BCUT2D eigenvalue weighted by Crippen LogP contribution is -2.20. The van der Waals surface area contributed by atoms with Crippen molar-refractivity contribution in [2.24, 2.45) is 0 Å². The smallest absolute Gasteiger partial charge is 0.307 e. The number of benzene rings is 2. The molecule has 0 fully saturated rings. The maximum Gasteiger partial charge on any atom is 0.323 e. The Morgan fingerprint density at radius 3 is 2.35 bits per heavy atom. The summed E-state index contributed by atoms with van der Waals surface area (Å²) in [6.07, 6.45) is 0. The third kappa shape index (κ3) is 3.68. The first-order chi connectivity index (χ1) is 9.45. The van der Waals surface area contributed by atoms with Crippen molar-refractivity contribution < 1.29 is 13.6 Å². The Labute approximate surface area is 127 Å². The van der Waals surface area contributed by atoms with E-state index in [1.165, 1.54) is 0 Å². The van der Waals surface area contributed by atoms with E-state index in [0.717, 1.165) is 12.1 Å². The summed E-state index contributed by atoms with van der Waals surface area (Å²) in [4.78, 5) is 11.7. The number of halogens is 4. The average molecular weight is 362 g/mol. The summed E-state index contributed by atoms with van der Waals surface area (Å²) in [7, 11) is 0. The Hall–Kier alpha value is -1.66. The van der Waals surface area contributed by atoms with E-state index in [9.17, 15) is 13.6 Å². The number of carbonyl (C=O) groups is 1. The maximum atomic E-state index is 13.4. The molecule has 0 radical (unpaired) electrons. The Balaban J connectivity index is 2.09. The van der Waals surface area contributed by atoms with E-state index in [2.05, 4.69) is 26.6 Å². The molecule has 20 heavy (non-hydrogen) atoms.